The van der Waals surface area contributed by atoms with Crippen LogP contribution in [0.25, 0.3) is 0 Å². The molecule has 1 aromatic heterocycles. The number of rotatable bonds is 8. The van der Waals surface area contributed by atoms with Crippen LogP contribution in [0.2, 0.25) is 0 Å². The summed E-state index contributed by atoms with van der Waals surface area (Å²) in [6, 6.07) is -0.672. The molecule has 0 bridgehead atoms. The smallest absolute Gasteiger partial charge is 0.277 e. The number of carbonyl (C=O) groups excluding carboxylic acids is 2. The molecule has 0 spiro atoms. The van der Waals surface area contributed by atoms with Gasteiger partial charge in [-0.25, -0.2) is 4.98 Å². The second kappa shape index (κ2) is 8.71. The summed E-state index contributed by atoms with van der Waals surface area (Å²) in [6.07, 6.45) is 1.07. The van der Waals surface area contributed by atoms with Crippen molar-refractivity contribution in [2.24, 2.45) is 5.92 Å². The van der Waals surface area contributed by atoms with Gasteiger partial charge in [0.15, 0.2) is 5.13 Å². The Morgan fingerprint density at radius 1 is 1.29 bits per heavy atom. The summed E-state index contributed by atoms with van der Waals surface area (Å²) in [4.78, 5) is 28.2. The van der Waals surface area contributed by atoms with Gasteiger partial charge < -0.3 is 20.1 Å². The van der Waals surface area contributed by atoms with Gasteiger partial charge in [-0.2, -0.15) is 0 Å². The molecular weight excluding hydrogens is 294 g/mol. The summed E-state index contributed by atoms with van der Waals surface area (Å²) in [7, 11) is 2.72. The number of amides is 2. The maximum atomic E-state index is 12.2. The highest BCUT2D eigenvalue weighted by Crippen LogP contribution is 2.13. The summed E-state index contributed by atoms with van der Waals surface area (Å²) in [6.45, 7) is 3.94. The Labute approximate surface area is 128 Å². The number of hydrogen-bond donors (Lipinski definition) is 2. The summed E-state index contributed by atoms with van der Waals surface area (Å²) < 4.78 is 9.75. The number of anilines is 1. The van der Waals surface area contributed by atoms with E-state index in [4.69, 9.17) is 9.47 Å². The summed E-state index contributed by atoms with van der Waals surface area (Å²) in [5.41, 5.74) is 0. The van der Waals surface area contributed by atoms with Crippen molar-refractivity contribution in [3.63, 3.8) is 0 Å². The monoisotopic (exact) mass is 315 g/mol. The molecule has 1 unspecified atom stereocenters. The fourth-order valence-electron chi connectivity index (χ4n) is 1.73. The maximum Gasteiger partial charge on any atom is 0.277 e. The molecule has 8 heteroatoms. The average Bonchev–Trinajstić information content (AvgIpc) is 2.91. The highest BCUT2D eigenvalue weighted by Gasteiger charge is 2.26. The van der Waals surface area contributed by atoms with Crippen LogP contribution in [-0.4, -0.2) is 43.3 Å². The van der Waals surface area contributed by atoms with Gasteiger partial charge in [0.05, 0.1) is 0 Å². The maximum absolute atomic E-state index is 12.2. The predicted octanol–water partition coefficient (Wildman–Crippen LogP) is 1.23. The molecule has 0 aromatic carbocycles. The van der Waals surface area contributed by atoms with E-state index < -0.39 is 18.2 Å². The van der Waals surface area contributed by atoms with Crippen molar-refractivity contribution in [1.29, 1.82) is 0 Å². The zero-order valence-corrected chi connectivity index (χ0v) is 13.4. The largest absolute Gasteiger partial charge is 0.348 e. The van der Waals surface area contributed by atoms with Gasteiger partial charge in [-0.3, -0.25) is 9.59 Å². The van der Waals surface area contributed by atoms with E-state index in [0.717, 1.165) is 0 Å². The average molecular weight is 315 g/mol. The third-order valence-corrected chi connectivity index (χ3v) is 3.33. The lowest BCUT2D eigenvalue weighted by atomic mass is 10.0. The number of methoxy groups -OCH3 is 2. The molecule has 0 saturated heterocycles. The van der Waals surface area contributed by atoms with Gasteiger partial charge in [0, 0.05) is 25.8 Å². The van der Waals surface area contributed by atoms with E-state index in [1.54, 1.807) is 11.6 Å². The van der Waals surface area contributed by atoms with E-state index in [1.165, 1.54) is 25.6 Å². The van der Waals surface area contributed by atoms with E-state index in [9.17, 15) is 9.59 Å². The molecule has 0 aliphatic carbocycles. The van der Waals surface area contributed by atoms with Gasteiger partial charge in [-0.05, 0) is 12.3 Å². The standard InChI is InChI=1S/C13H21N3O4S/c1-8(2)7-9(15-11(18)12(19-3)20-4)10(17)16-13-14-5-6-21-13/h5-6,8-9,12H,7H2,1-4H3,(H,15,18)(H,14,16,17). The molecule has 21 heavy (non-hydrogen) atoms. The highest BCUT2D eigenvalue weighted by molar-refractivity contribution is 7.13. The third-order valence-electron chi connectivity index (χ3n) is 2.64. The highest BCUT2D eigenvalue weighted by atomic mass is 32.1. The fourth-order valence-corrected chi connectivity index (χ4v) is 2.26. The van der Waals surface area contributed by atoms with Crippen molar-refractivity contribution in [3.8, 4) is 0 Å². The molecule has 0 fully saturated rings. The SMILES string of the molecule is COC(OC)C(=O)NC(CC(C)C)C(=O)Nc1nccs1. The fraction of sp³-hybridized carbons (Fsp3) is 0.615. The number of nitrogens with one attached hydrogen (secondary N) is 2. The van der Waals surface area contributed by atoms with Gasteiger partial charge in [-0.15, -0.1) is 11.3 Å². The number of carbonyl (C=O) groups is 2. The van der Waals surface area contributed by atoms with Crippen LogP contribution in [0.15, 0.2) is 11.6 Å². The first kappa shape index (κ1) is 17.5. The minimum Gasteiger partial charge on any atom is -0.348 e. The Morgan fingerprint density at radius 2 is 1.95 bits per heavy atom. The molecule has 118 valence electrons. The number of thiazole rings is 1. The molecule has 0 aliphatic rings. The van der Waals surface area contributed by atoms with Crippen molar-refractivity contribution in [2.45, 2.75) is 32.6 Å². The van der Waals surface area contributed by atoms with E-state index in [2.05, 4.69) is 15.6 Å². The lowest BCUT2D eigenvalue weighted by Crippen LogP contribution is -2.49. The van der Waals surface area contributed by atoms with Gasteiger partial charge in [0.25, 0.3) is 5.91 Å². The van der Waals surface area contributed by atoms with Crippen LogP contribution in [0.4, 0.5) is 5.13 Å². The number of nitrogens with zero attached hydrogens (tertiary/aromatic N) is 1. The molecule has 1 aromatic rings. The Bertz CT molecular complexity index is 446. The number of ether oxygens (including phenoxy) is 2. The second-order valence-corrected chi connectivity index (χ2v) is 5.72. The summed E-state index contributed by atoms with van der Waals surface area (Å²) in [5, 5.41) is 7.58. The Kier molecular flexibility index (Phi) is 7.27. The van der Waals surface area contributed by atoms with Crippen molar-refractivity contribution >= 4 is 28.3 Å². The minimum absolute atomic E-state index is 0.237. The number of aromatic nitrogens is 1. The van der Waals surface area contributed by atoms with Crippen LogP contribution in [0.1, 0.15) is 20.3 Å². The summed E-state index contributed by atoms with van der Waals surface area (Å²) >= 11 is 1.32. The molecular formula is C13H21N3O4S. The van der Waals surface area contributed by atoms with Gasteiger partial charge in [0.1, 0.15) is 6.04 Å². The summed E-state index contributed by atoms with van der Waals surface area (Å²) in [5.74, 6) is -0.557. The van der Waals surface area contributed by atoms with Gasteiger partial charge in [-0.1, -0.05) is 13.8 Å². The van der Waals surface area contributed by atoms with Crippen LogP contribution in [0.5, 0.6) is 0 Å². The molecule has 0 aliphatic heterocycles. The van der Waals surface area contributed by atoms with Crippen molar-refractivity contribution < 1.29 is 19.1 Å². The zero-order chi connectivity index (χ0) is 15.8. The molecule has 0 saturated carbocycles. The molecule has 1 atom stereocenters. The Hall–Kier alpha value is -1.51. The van der Waals surface area contributed by atoms with Crippen molar-refractivity contribution in [1.82, 2.24) is 10.3 Å². The van der Waals surface area contributed by atoms with E-state index >= 15 is 0 Å². The lowest BCUT2D eigenvalue weighted by Gasteiger charge is -2.21. The van der Waals surface area contributed by atoms with Gasteiger partial charge >= 0.3 is 0 Å². The van der Waals surface area contributed by atoms with Crippen LogP contribution in [-0.2, 0) is 19.1 Å². The van der Waals surface area contributed by atoms with Gasteiger partial charge in [0.2, 0.25) is 12.2 Å². The van der Waals surface area contributed by atoms with E-state index in [-0.39, 0.29) is 11.8 Å². The lowest BCUT2D eigenvalue weighted by molar-refractivity contribution is -0.160. The molecule has 0 radical (unpaired) electrons. The van der Waals surface area contributed by atoms with Crippen LogP contribution in [0, 0.1) is 5.92 Å². The van der Waals surface area contributed by atoms with Crippen molar-refractivity contribution in [3.05, 3.63) is 11.6 Å². The first-order valence-corrected chi connectivity index (χ1v) is 7.42. The van der Waals surface area contributed by atoms with Crippen molar-refractivity contribution in [2.75, 3.05) is 19.5 Å². The van der Waals surface area contributed by atoms with Crippen LogP contribution < -0.4 is 10.6 Å². The third kappa shape index (κ3) is 5.78. The Morgan fingerprint density at radius 3 is 2.43 bits per heavy atom. The van der Waals surface area contributed by atoms with E-state index in [1.807, 2.05) is 13.8 Å². The second-order valence-electron chi connectivity index (χ2n) is 4.82. The predicted molar refractivity (Wildman–Crippen MR) is 79.9 cm³/mol. The van der Waals surface area contributed by atoms with Crippen LogP contribution >= 0.6 is 11.3 Å². The van der Waals surface area contributed by atoms with E-state index in [0.29, 0.717) is 11.6 Å². The Balaban J connectivity index is 2.70. The van der Waals surface area contributed by atoms with Crippen LogP contribution in [0.3, 0.4) is 0 Å². The molecule has 2 amide bonds. The first-order valence-electron chi connectivity index (χ1n) is 6.54. The molecule has 1 heterocycles. The first-order chi connectivity index (χ1) is 9.97. The molecule has 7 nitrogen and oxygen atoms in total. The minimum atomic E-state index is -1.03. The normalized spacial score (nSPS) is 12.5. The number of hydrogen-bond acceptors (Lipinski definition) is 6. The zero-order valence-electron chi connectivity index (χ0n) is 12.6. The molecule has 1 rings (SSSR count). The quantitative estimate of drug-likeness (QED) is 0.704. The topological polar surface area (TPSA) is 89.5 Å². The molecule has 2 N–H and O–H groups in total.